The molecule has 0 atom stereocenters. The van der Waals surface area contributed by atoms with E-state index in [1.807, 2.05) is 17.9 Å². The first-order chi connectivity index (χ1) is 20.3. The van der Waals surface area contributed by atoms with E-state index in [-0.39, 0.29) is 30.1 Å². The highest BCUT2D eigenvalue weighted by Gasteiger charge is 2.28. The van der Waals surface area contributed by atoms with Gasteiger partial charge in [-0.05, 0) is 49.6 Å². The lowest BCUT2D eigenvalue weighted by molar-refractivity contribution is -0.132. The van der Waals surface area contributed by atoms with Gasteiger partial charge in [0.15, 0.2) is 5.65 Å². The number of amides is 3. The highest BCUT2D eigenvalue weighted by atomic mass is 19.1. The number of aliphatic hydroxyl groups is 1. The number of carbonyl (C=O) groups is 2. The molecule has 1 aliphatic rings. The number of rotatable bonds is 9. The van der Waals surface area contributed by atoms with Gasteiger partial charge in [-0.2, -0.15) is 5.10 Å². The zero-order chi connectivity index (χ0) is 29.8. The monoisotopic (exact) mass is 575 g/mol. The fourth-order valence-electron chi connectivity index (χ4n) is 5.36. The number of aliphatic hydroxyl groups excluding tert-OH is 1. The largest absolute Gasteiger partial charge is 0.395 e. The summed E-state index contributed by atoms with van der Waals surface area (Å²) in [6.07, 6.45) is 3.05. The summed E-state index contributed by atoms with van der Waals surface area (Å²) in [6.45, 7) is 4.00. The number of anilines is 3. The molecule has 0 spiro atoms. The number of carbonyl (C=O) groups excluding carboxylic acids is 2. The van der Waals surface area contributed by atoms with Crippen LogP contribution in [0.2, 0.25) is 0 Å². The van der Waals surface area contributed by atoms with Crippen LogP contribution in [0.4, 0.5) is 26.4 Å². The number of aromatic nitrogens is 4. The number of nitrogens with zero attached hydrogens (tertiary/aromatic N) is 6. The zero-order valence-electron chi connectivity index (χ0n) is 23.3. The summed E-state index contributed by atoms with van der Waals surface area (Å²) in [5, 5.41) is 17.2. The molecule has 1 saturated heterocycles. The minimum atomic E-state index is -0.814. The fourth-order valence-corrected chi connectivity index (χ4v) is 5.36. The Balaban J connectivity index is 1.42. The van der Waals surface area contributed by atoms with E-state index in [1.165, 1.54) is 18.5 Å². The van der Waals surface area contributed by atoms with Crippen molar-refractivity contribution in [2.45, 2.75) is 32.2 Å². The lowest BCUT2D eigenvalue weighted by Gasteiger charge is -2.32. The standard InChI is InChI=1S/C29H34FN9O3/c1-18-3-2-4-21(15-18)38(29(32)42)23-6-5-19(16-22(23)30)26-25-27(31)34-17-35-28(25)39(36-26)20-8-12-37(13-9-20)24(41)7-10-33-11-14-40/h2-6,15-17,20,33,40H,7-14H2,1H3,(H2,32,42)(H2,31,34,35). The van der Waals surface area contributed by atoms with Gasteiger partial charge in [0.25, 0.3) is 0 Å². The lowest BCUT2D eigenvalue weighted by Crippen LogP contribution is -2.40. The molecule has 13 heteroatoms. The molecule has 1 fully saturated rings. The summed E-state index contributed by atoms with van der Waals surface area (Å²) in [5.41, 5.74) is 14.7. The van der Waals surface area contributed by atoms with Crippen LogP contribution in [-0.2, 0) is 4.79 Å². The summed E-state index contributed by atoms with van der Waals surface area (Å²) >= 11 is 0. The van der Waals surface area contributed by atoms with Gasteiger partial charge in [-0.15, -0.1) is 0 Å². The van der Waals surface area contributed by atoms with E-state index < -0.39 is 11.8 Å². The molecule has 0 radical (unpaired) electrons. The first-order valence-electron chi connectivity index (χ1n) is 13.8. The van der Waals surface area contributed by atoms with E-state index >= 15 is 4.39 Å². The molecule has 4 aromatic rings. The van der Waals surface area contributed by atoms with Crippen LogP contribution in [0.1, 0.15) is 30.9 Å². The Morgan fingerprint density at radius 3 is 2.62 bits per heavy atom. The Morgan fingerprint density at radius 2 is 1.93 bits per heavy atom. The second kappa shape index (κ2) is 12.5. The van der Waals surface area contributed by atoms with Crippen LogP contribution in [0.15, 0.2) is 48.8 Å². The molecule has 5 rings (SSSR count). The van der Waals surface area contributed by atoms with Gasteiger partial charge in [-0.25, -0.2) is 23.8 Å². The number of nitrogens with two attached hydrogens (primary N) is 2. The highest BCUT2D eigenvalue weighted by molar-refractivity contribution is 6.00. The van der Waals surface area contributed by atoms with Crippen LogP contribution in [0, 0.1) is 12.7 Å². The molecule has 0 saturated carbocycles. The molecule has 3 heterocycles. The number of primary amides is 1. The normalized spacial score (nSPS) is 13.9. The molecular weight excluding hydrogens is 541 g/mol. The van der Waals surface area contributed by atoms with Gasteiger partial charge in [0.1, 0.15) is 23.7 Å². The van der Waals surface area contributed by atoms with Crippen molar-refractivity contribution in [1.29, 1.82) is 0 Å². The maximum atomic E-state index is 15.6. The van der Waals surface area contributed by atoms with Gasteiger partial charge in [0.05, 0.1) is 29.4 Å². The highest BCUT2D eigenvalue weighted by Crippen LogP contribution is 2.37. The van der Waals surface area contributed by atoms with Gasteiger partial charge in [0, 0.05) is 38.2 Å². The minimum Gasteiger partial charge on any atom is -0.395 e. The van der Waals surface area contributed by atoms with E-state index in [0.29, 0.717) is 73.4 Å². The Labute approximate surface area is 242 Å². The molecule has 42 heavy (non-hydrogen) atoms. The van der Waals surface area contributed by atoms with Crippen LogP contribution < -0.4 is 21.7 Å². The number of likely N-dealkylation sites (tertiary alicyclic amines) is 1. The number of hydrogen-bond donors (Lipinski definition) is 4. The molecule has 12 nitrogen and oxygen atoms in total. The van der Waals surface area contributed by atoms with Gasteiger partial charge < -0.3 is 26.8 Å². The fraction of sp³-hybridized carbons (Fsp3) is 0.345. The topological polar surface area (TPSA) is 169 Å². The number of nitrogen functional groups attached to an aromatic ring is 1. The number of hydrogen-bond acceptors (Lipinski definition) is 8. The predicted molar refractivity (Wildman–Crippen MR) is 157 cm³/mol. The van der Waals surface area contributed by atoms with E-state index in [1.54, 1.807) is 28.9 Å². The van der Waals surface area contributed by atoms with Crippen LogP contribution in [0.5, 0.6) is 0 Å². The summed E-state index contributed by atoms with van der Waals surface area (Å²) in [7, 11) is 0. The molecule has 3 amide bonds. The second-order valence-corrected chi connectivity index (χ2v) is 10.3. The van der Waals surface area contributed by atoms with Crippen molar-refractivity contribution in [3.8, 4) is 11.3 Å². The lowest BCUT2D eigenvalue weighted by atomic mass is 10.0. The Morgan fingerprint density at radius 1 is 1.14 bits per heavy atom. The Bertz CT molecular complexity index is 1600. The van der Waals surface area contributed by atoms with Gasteiger partial charge in [-0.1, -0.05) is 18.2 Å². The maximum Gasteiger partial charge on any atom is 0.323 e. The molecule has 0 unspecified atom stereocenters. The van der Waals surface area contributed by atoms with Gasteiger partial charge in [0.2, 0.25) is 5.91 Å². The first kappa shape index (κ1) is 28.9. The van der Waals surface area contributed by atoms with Crippen molar-refractivity contribution in [2.24, 2.45) is 5.73 Å². The quantitative estimate of drug-likeness (QED) is 0.221. The van der Waals surface area contributed by atoms with E-state index in [0.717, 1.165) is 10.5 Å². The van der Waals surface area contributed by atoms with Crippen molar-refractivity contribution in [1.82, 2.24) is 30.0 Å². The Kier molecular flexibility index (Phi) is 8.59. The zero-order valence-corrected chi connectivity index (χ0v) is 23.3. The summed E-state index contributed by atoms with van der Waals surface area (Å²) < 4.78 is 17.4. The number of benzene rings is 2. The summed E-state index contributed by atoms with van der Waals surface area (Å²) in [6, 6.07) is 10.7. The van der Waals surface area contributed by atoms with Crippen LogP contribution >= 0.6 is 0 Å². The van der Waals surface area contributed by atoms with Gasteiger partial charge in [-0.3, -0.25) is 9.69 Å². The summed E-state index contributed by atoms with van der Waals surface area (Å²) in [5.74, 6) is -0.388. The molecule has 1 aliphatic heterocycles. The van der Waals surface area contributed by atoms with E-state index in [4.69, 9.17) is 21.7 Å². The van der Waals surface area contributed by atoms with Crippen molar-refractivity contribution in [2.75, 3.05) is 43.4 Å². The maximum absolute atomic E-state index is 15.6. The Hall–Kier alpha value is -4.62. The number of nitrogens with one attached hydrogen (secondary N) is 1. The number of urea groups is 1. The molecule has 2 aromatic heterocycles. The van der Waals surface area contributed by atoms with Crippen LogP contribution in [-0.4, -0.2) is 74.5 Å². The molecule has 2 aromatic carbocycles. The second-order valence-electron chi connectivity index (χ2n) is 10.3. The first-order valence-corrected chi connectivity index (χ1v) is 13.8. The van der Waals surface area contributed by atoms with Crippen molar-refractivity contribution < 1.29 is 19.1 Å². The molecular formula is C29H34FN9O3. The average molecular weight is 576 g/mol. The van der Waals surface area contributed by atoms with Gasteiger partial charge >= 0.3 is 6.03 Å². The van der Waals surface area contributed by atoms with Crippen LogP contribution in [0.25, 0.3) is 22.3 Å². The average Bonchev–Trinajstić information content (AvgIpc) is 3.37. The number of aryl methyl sites for hydroxylation is 1. The number of halogens is 1. The number of fused-ring (bicyclic) bond motifs is 1. The van der Waals surface area contributed by atoms with Crippen LogP contribution in [0.3, 0.4) is 0 Å². The minimum absolute atomic E-state index is 0.00779. The third-order valence-corrected chi connectivity index (χ3v) is 7.43. The van der Waals surface area contributed by atoms with Crippen molar-refractivity contribution >= 4 is 40.2 Å². The summed E-state index contributed by atoms with van der Waals surface area (Å²) in [4.78, 5) is 36.5. The third-order valence-electron chi connectivity index (χ3n) is 7.43. The molecule has 0 aliphatic carbocycles. The van der Waals surface area contributed by atoms with Crippen molar-refractivity contribution in [3.63, 3.8) is 0 Å². The van der Waals surface area contributed by atoms with E-state index in [2.05, 4.69) is 15.3 Å². The van der Waals surface area contributed by atoms with E-state index in [9.17, 15) is 9.59 Å². The molecule has 6 N–H and O–H groups in total. The SMILES string of the molecule is Cc1cccc(N(C(N)=O)c2ccc(-c3nn(C4CCN(C(=O)CCNCCO)CC4)c4ncnc(N)c34)cc2F)c1. The molecule has 0 bridgehead atoms. The predicted octanol–water partition coefficient (Wildman–Crippen LogP) is 2.88. The van der Waals surface area contributed by atoms with Crippen molar-refractivity contribution in [3.05, 3.63) is 60.2 Å². The third kappa shape index (κ3) is 5.87. The number of piperidine rings is 1. The molecule has 220 valence electrons. The smallest absolute Gasteiger partial charge is 0.323 e.